The van der Waals surface area contributed by atoms with Crippen LogP contribution < -0.4 is 9.76 Å². The van der Waals surface area contributed by atoms with Gasteiger partial charge >= 0.3 is 0 Å². The summed E-state index contributed by atoms with van der Waals surface area (Å²) in [5.41, 5.74) is 0.611. The first-order valence-electron chi connectivity index (χ1n) is 4.92. The number of anilines is 3. The van der Waals surface area contributed by atoms with Crippen LogP contribution in [0, 0.1) is 0 Å². The standard InChI is InChI=1S/C12H9ClF2N2/c13-16(10-6-2-1-3-7-10)11-8-4-5-9-12(11)17(14)15/h1-9H. The molecule has 5 heteroatoms. The fourth-order valence-electron chi connectivity index (χ4n) is 1.47. The zero-order valence-corrected chi connectivity index (χ0v) is 9.48. The van der Waals surface area contributed by atoms with Crippen molar-refractivity contribution in [3.05, 3.63) is 54.6 Å². The van der Waals surface area contributed by atoms with Gasteiger partial charge in [0.2, 0.25) is 0 Å². The van der Waals surface area contributed by atoms with Gasteiger partial charge in [-0.25, -0.2) is 0 Å². The van der Waals surface area contributed by atoms with Crippen LogP contribution in [0.5, 0.6) is 0 Å². The Morgan fingerprint density at radius 3 is 1.88 bits per heavy atom. The summed E-state index contributed by atoms with van der Waals surface area (Å²) in [6, 6.07) is 14.9. The number of para-hydroxylation sites is 3. The van der Waals surface area contributed by atoms with E-state index in [1.165, 1.54) is 22.6 Å². The van der Waals surface area contributed by atoms with Crippen molar-refractivity contribution in [1.29, 1.82) is 0 Å². The molecule has 2 nitrogen and oxygen atoms in total. The van der Waals surface area contributed by atoms with Gasteiger partial charge in [0, 0.05) is 11.8 Å². The molecule has 0 spiro atoms. The third-order valence-electron chi connectivity index (χ3n) is 2.26. The summed E-state index contributed by atoms with van der Waals surface area (Å²) >= 11 is 6.05. The van der Waals surface area contributed by atoms with Crippen molar-refractivity contribution in [3.8, 4) is 0 Å². The summed E-state index contributed by atoms with van der Waals surface area (Å²) in [4.78, 5) is 0. The van der Waals surface area contributed by atoms with Crippen LogP contribution in [0.1, 0.15) is 0 Å². The largest absolute Gasteiger partial charge is 0.251 e. The maximum absolute atomic E-state index is 12.7. The minimum absolute atomic E-state index is 0.227. The smallest absolute Gasteiger partial charge is 0.130 e. The number of benzene rings is 2. The highest BCUT2D eigenvalue weighted by molar-refractivity contribution is 6.30. The maximum Gasteiger partial charge on any atom is 0.130 e. The number of hydrogen-bond acceptors (Lipinski definition) is 2. The molecule has 0 fully saturated rings. The summed E-state index contributed by atoms with van der Waals surface area (Å²) in [6.07, 6.45) is 0. The summed E-state index contributed by atoms with van der Waals surface area (Å²) in [5.74, 6) is 0. The van der Waals surface area contributed by atoms with Gasteiger partial charge < -0.3 is 0 Å². The van der Waals surface area contributed by atoms with Crippen LogP contribution in [-0.4, -0.2) is 0 Å². The van der Waals surface area contributed by atoms with Gasteiger partial charge in [-0.05, 0) is 29.6 Å². The van der Waals surface area contributed by atoms with Crippen LogP contribution in [-0.2, 0) is 0 Å². The molecule has 88 valence electrons. The molecule has 0 bridgehead atoms. The number of halogens is 3. The normalized spacial score (nSPS) is 10.1. The van der Waals surface area contributed by atoms with Gasteiger partial charge in [-0.1, -0.05) is 39.3 Å². The van der Waals surface area contributed by atoms with E-state index in [1.54, 1.807) is 30.3 Å². The van der Waals surface area contributed by atoms with Crippen LogP contribution in [0.3, 0.4) is 0 Å². The van der Waals surface area contributed by atoms with E-state index in [2.05, 4.69) is 0 Å². The molecule has 0 atom stereocenters. The lowest BCUT2D eigenvalue weighted by Crippen LogP contribution is -2.07. The first-order chi connectivity index (χ1) is 8.20. The quantitative estimate of drug-likeness (QED) is 0.741. The Labute approximate surface area is 103 Å². The minimum atomic E-state index is -0.951. The molecule has 0 aliphatic carbocycles. The third-order valence-corrected chi connectivity index (χ3v) is 2.64. The van der Waals surface area contributed by atoms with Crippen molar-refractivity contribution in [2.75, 3.05) is 9.76 Å². The predicted molar refractivity (Wildman–Crippen MR) is 65.6 cm³/mol. The monoisotopic (exact) mass is 254 g/mol. The van der Waals surface area contributed by atoms with E-state index >= 15 is 0 Å². The highest BCUT2D eigenvalue weighted by atomic mass is 35.5. The second-order valence-corrected chi connectivity index (χ2v) is 3.68. The van der Waals surface area contributed by atoms with Gasteiger partial charge in [0.1, 0.15) is 5.69 Å². The molecule has 2 rings (SSSR count). The zero-order chi connectivity index (χ0) is 12.3. The van der Waals surface area contributed by atoms with E-state index in [-0.39, 0.29) is 11.4 Å². The Morgan fingerprint density at radius 1 is 0.765 bits per heavy atom. The van der Waals surface area contributed by atoms with Gasteiger partial charge in [0.05, 0.1) is 11.4 Å². The van der Waals surface area contributed by atoms with E-state index < -0.39 is 5.34 Å². The van der Waals surface area contributed by atoms with Crippen LogP contribution in [0.4, 0.5) is 26.0 Å². The van der Waals surface area contributed by atoms with Crippen molar-refractivity contribution in [3.63, 3.8) is 0 Å². The number of rotatable bonds is 3. The molecule has 2 aromatic rings. The average Bonchev–Trinajstić information content (AvgIpc) is 2.39. The number of hydrogen-bond donors (Lipinski definition) is 0. The van der Waals surface area contributed by atoms with Crippen molar-refractivity contribution < 1.29 is 8.96 Å². The first-order valence-corrected chi connectivity index (χ1v) is 5.25. The van der Waals surface area contributed by atoms with E-state index in [0.717, 1.165) is 0 Å². The Kier molecular flexibility index (Phi) is 3.44. The molecule has 2 aromatic carbocycles. The van der Waals surface area contributed by atoms with E-state index in [0.29, 0.717) is 5.69 Å². The second kappa shape index (κ2) is 5.01. The van der Waals surface area contributed by atoms with E-state index in [4.69, 9.17) is 11.8 Å². The maximum atomic E-state index is 12.7. The Balaban J connectivity index is 2.41. The zero-order valence-electron chi connectivity index (χ0n) is 8.72. The van der Waals surface area contributed by atoms with Gasteiger partial charge in [0.15, 0.2) is 0 Å². The third kappa shape index (κ3) is 2.47. The fourth-order valence-corrected chi connectivity index (χ4v) is 1.73. The topological polar surface area (TPSA) is 6.48 Å². The van der Waals surface area contributed by atoms with E-state index in [9.17, 15) is 8.96 Å². The number of nitrogens with zero attached hydrogens (tertiary/aromatic N) is 2. The molecule has 17 heavy (non-hydrogen) atoms. The van der Waals surface area contributed by atoms with Crippen LogP contribution >= 0.6 is 11.8 Å². The van der Waals surface area contributed by atoms with Crippen molar-refractivity contribution in [2.24, 2.45) is 0 Å². The molecular formula is C12H9ClF2N2. The summed E-state index contributed by atoms with van der Waals surface area (Å²) < 4.78 is 26.5. The van der Waals surface area contributed by atoms with Crippen LogP contribution in [0.25, 0.3) is 0 Å². The Bertz CT molecular complexity index is 491. The highest BCUT2D eigenvalue weighted by Crippen LogP contribution is 2.35. The molecular weight excluding hydrogens is 246 g/mol. The average molecular weight is 255 g/mol. The Morgan fingerprint density at radius 2 is 1.29 bits per heavy atom. The molecule has 0 saturated carbocycles. The van der Waals surface area contributed by atoms with Crippen molar-refractivity contribution in [2.45, 2.75) is 0 Å². The highest BCUT2D eigenvalue weighted by Gasteiger charge is 2.15. The van der Waals surface area contributed by atoms with Gasteiger partial charge in [-0.3, -0.25) is 4.42 Å². The SMILES string of the molecule is FN(F)c1ccccc1N(Cl)c1ccccc1. The molecule has 0 saturated heterocycles. The molecule has 0 radical (unpaired) electrons. The molecule has 0 aliphatic rings. The molecule has 0 aliphatic heterocycles. The second-order valence-electron chi connectivity index (χ2n) is 3.34. The molecule has 0 aromatic heterocycles. The molecule has 0 heterocycles. The lowest BCUT2D eigenvalue weighted by atomic mass is 10.2. The predicted octanol–water partition coefficient (Wildman–Crippen LogP) is 4.55. The van der Waals surface area contributed by atoms with Gasteiger partial charge in [0.25, 0.3) is 0 Å². The fraction of sp³-hybridized carbons (Fsp3) is 0. The molecule has 0 amide bonds. The summed E-state index contributed by atoms with van der Waals surface area (Å²) in [6.45, 7) is 0. The molecule has 0 N–H and O–H groups in total. The summed E-state index contributed by atoms with van der Waals surface area (Å²) in [5, 5.41) is -0.951. The van der Waals surface area contributed by atoms with Crippen molar-refractivity contribution in [1.82, 2.24) is 0 Å². The van der Waals surface area contributed by atoms with E-state index in [1.807, 2.05) is 6.07 Å². The van der Waals surface area contributed by atoms with Gasteiger partial charge in [-0.2, -0.15) is 0 Å². The lowest BCUT2D eigenvalue weighted by Gasteiger charge is -2.19. The van der Waals surface area contributed by atoms with Crippen LogP contribution in [0.15, 0.2) is 54.6 Å². The van der Waals surface area contributed by atoms with Crippen molar-refractivity contribution >= 4 is 28.8 Å². The lowest BCUT2D eigenvalue weighted by molar-refractivity contribution is 0.235. The van der Waals surface area contributed by atoms with Crippen LogP contribution in [0.2, 0.25) is 0 Å². The first kappa shape index (κ1) is 11.7. The minimum Gasteiger partial charge on any atom is -0.251 e. The Hall–Kier alpha value is -1.81. The summed E-state index contributed by atoms with van der Waals surface area (Å²) in [7, 11) is 0. The molecule has 0 unspecified atom stereocenters. The van der Waals surface area contributed by atoms with Gasteiger partial charge in [-0.15, -0.1) is 0 Å².